The summed E-state index contributed by atoms with van der Waals surface area (Å²) in [5.41, 5.74) is 1.53. The molecule has 0 aliphatic rings. The van der Waals surface area contributed by atoms with Crippen LogP contribution < -0.4 is 0 Å². The summed E-state index contributed by atoms with van der Waals surface area (Å²) in [7, 11) is 0. The first-order chi connectivity index (χ1) is 6.70. The molecule has 0 rings (SSSR count). The van der Waals surface area contributed by atoms with E-state index in [4.69, 9.17) is 0 Å². The second kappa shape index (κ2) is 9.05. The van der Waals surface area contributed by atoms with E-state index >= 15 is 0 Å². The Morgan fingerprint density at radius 2 is 2.07 bits per heavy atom. The molecule has 0 N–H and O–H groups in total. The minimum atomic E-state index is 0.788. The molecule has 1 unspecified atom stereocenters. The molecular weight excluding hydrogens is 168 g/mol. The van der Waals surface area contributed by atoms with Crippen LogP contribution in [0.5, 0.6) is 0 Å². The smallest absolute Gasteiger partial charge is 0.0314 e. The third kappa shape index (κ3) is 8.10. The van der Waals surface area contributed by atoms with E-state index in [0.29, 0.717) is 0 Å². The summed E-state index contributed by atoms with van der Waals surface area (Å²) in [6, 6.07) is 0. The van der Waals surface area contributed by atoms with E-state index in [1.165, 1.54) is 24.8 Å². The molecule has 0 aliphatic carbocycles. The van der Waals surface area contributed by atoms with E-state index in [1.54, 1.807) is 0 Å². The normalized spacial score (nSPS) is 14.1. The first-order valence-electron chi connectivity index (χ1n) is 5.76. The predicted molar refractivity (Wildman–Crippen MR) is 66.2 cm³/mol. The van der Waals surface area contributed by atoms with Crippen molar-refractivity contribution < 1.29 is 0 Å². The highest BCUT2D eigenvalue weighted by Gasteiger charge is 1.98. The van der Waals surface area contributed by atoms with Crippen molar-refractivity contribution in [2.24, 2.45) is 5.92 Å². The van der Waals surface area contributed by atoms with E-state index in [-0.39, 0.29) is 0 Å². The number of unbranched alkanes of at least 4 members (excludes halogenated alkanes) is 1. The van der Waals surface area contributed by atoms with Gasteiger partial charge in [-0.25, -0.2) is 0 Å². The van der Waals surface area contributed by atoms with E-state index in [0.717, 1.165) is 25.2 Å². The van der Waals surface area contributed by atoms with Crippen LogP contribution in [0.2, 0.25) is 0 Å². The van der Waals surface area contributed by atoms with Crippen LogP contribution in [0.15, 0.2) is 24.3 Å². The molecule has 0 aromatic heterocycles. The molecule has 0 bridgehead atoms. The molecule has 0 nitrogen and oxygen atoms in total. The second-order valence-corrected chi connectivity index (χ2v) is 4.20. The van der Waals surface area contributed by atoms with Gasteiger partial charge in [0.2, 0.25) is 0 Å². The average molecular weight is 193 g/mol. The monoisotopic (exact) mass is 193 g/mol. The molecule has 0 saturated heterocycles. The van der Waals surface area contributed by atoms with Crippen LogP contribution >= 0.6 is 0 Å². The minimum Gasteiger partial charge on any atom is -0.103 e. The van der Waals surface area contributed by atoms with Crippen LogP contribution in [0, 0.1) is 12.8 Å². The van der Waals surface area contributed by atoms with E-state index in [9.17, 15) is 0 Å². The summed E-state index contributed by atoms with van der Waals surface area (Å²) < 4.78 is 0. The van der Waals surface area contributed by atoms with E-state index in [2.05, 4.69) is 33.4 Å². The Morgan fingerprint density at radius 1 is 1.36 bits per heavy atom. The summed E-state index contributed by atoms with van der Waals surface area (Å²) in [4.78, 5) is 0. The SMILES string of the molecule is [CH2]CC(C)CCCC(C)=CCCC=C. The molecule has 14 heavy (non-hydrogen) atoms. The van der Waals surface area contributed by atoms with Crippen molar-refractivity contribution in [1.82, 2.24) is 0 Å². The van der Waals surface area contributed by atoms with E-state index in [1.807, 2.05) is 6.08 Å². The van der Waals surface area contributed by atoms with Crippen LogP contribution in [0.4, 0.5) is 0 Å². The maximum Gasteiger partial charge on any atom is -0.0314 e. The molecule has 0 spiro atoms. The van der Waals surface area contributed by atoms with Crippen LogP contribution in [-0.4, -0.2) is 0 Å². The highest BCUT2D eigenvalue weighted by atomic mass is 14.0. The lowest BCUT2D eigenvalue weighted by Crippen LogP contribution is -1.92. The van der Waals surface area contributed by atoms with Crippen molar-refractivity contribution in [2.75, 3.05) is 0 Å². The highest BCUT2D eigenvalue weighted by molar-refractivity contribution is 4.98. The van der Waals surface area contributed by atoms with E-state index < -0.39 is 0 Å². The maximum absolute atomic E-state index is 3.92. The fourth-order valence-electron chi connectivity index (χ4n) is 1.42. The lowest BCUT2D eigenvalue weighted by Gasteiger charge is -2.07. The molecule has 1 radical (unpaired) electrons. The quantitative estimate of drug-likeness (QED) is 0.379. The fourth-order valence-corrected chi connectivity index (χ4v) is 1.42. The molecule has 0 fully saturated rings. The zero-order chi connectivity index (χ0) is 10.8. The van der Waals surface area contributed by atoms with Crippen molar-refractivity contribution in [1.29, 1.82) is 0 Å². The molecule has 0 heterocycles. The van der Waals surface area contributed by atoms with Gasteiger partial charge in [0.05, 0.1) is 0 Å². The summed E-state index contributed by atoms with van der Waals surface area (Å²) in [5, 5.41) is 0. The lowest BCUT2D eigenvalue weighted by atomic mass is 9.99. The predicted octanol–water partition coefficient (Wildman–Crippen LogP) is 4.93. The van der Waals surface area contributed by atoms with Crippen LogP contribution in [0.25, 0.3) is 0 Å². The van der Waals surface area contributed by atoms with Gasteiger partial charge in [0.25, 0.3) is 0 Å². The zero-order valence-corrected chi connectivity index (χ0v) is 9.89. The second-order valence-electron chi connectivity index (χ2n) is 4.20. The number of allylic oxidation sites excluding steroid dienone is 3. The lowest BCUT2D eigenvalue weighted by molar-refractivity contribution is 0.514. The molecular formula is C14H25. The number of rotatable bonds is 8. The molecule has 0 saturated carbocycles. The van der Waals surface area contributed by atoms with Gasteiger partial charge in [-0.3, -0.25) is 0 Å². The Labute approximate surface area is 90.1 Å². The molecule has 0 heteroatoms. The maximum atomic E-state index is 3.92. The Morgan fingerprint density at radius 3 is 2.64 bits per heavy atom. The minimum absolute atomic E-state index is 0.788. The van der Waals surface area contributed by atoms with Crippen molar-refractivity contribution in [2.45, 2.75) is 52.4 Å². The molecule has 81 valence electrons. The van der Waals surface area contributed by atoms with Gasteiger partial charge in [-0.15, -0.1) is 6.58 Å². The van der Waals surface area contributed by atoms with Crippen LogP contribution in [-0.2, 0) is 0 Å². The summed E-state index contributed by atoms with van der Waals surface area (Å²) in [6.45, 7) is 12.2. The Bertz CT molecular complexity index is 165. The van der Waals surface area contributed by atoms with Crippen molar-refractivity contribution >= 4 is 0 Å². The summed E-state index contributed by atoms with van der Waals surface area (Å²) in [5.74, 6) is 0.788. The summed E-state index contributed by atoms with van der Waals surface area (Å²) >= 11 is 0. The molecule has 0 amide bonds. The average Bonchev–Trinajstić information content (AvgIpc) is 2.18. The van der Waals surface area contributed by atoms with Crippen molar-refractivity contribution in [3.63, 3.8) is 0 Å². The van der Waals surface area contributed by atoms with Gasteiger partial charge in [0, 0.05) is 0 Å². The van der Waals surface area contributed by atoms with Gasteiger partial charge in [0.15, 0.2) is 0 Å². The summed E-state index contributed by atoms with van der Waals surface area (Å²) in [6.07, 6.45) is 11.5. The van der Waals surface area contributed by atoms with Gasteiger partial charge >= 0.3 is 0 Å². The molecule has 0 aliphatic heterocycles. The molecule has 0 aromatic carbocycles. The zero-order valence-electron chi connectivity index (χ0n) is 9.89. The molecule has 0 aromatic rings. The van der Waals surface area contributed by atoms with Gasteiger partial charge in [0.1, 0.15) is 0 Å². The largest absolute Gasteiger partial charge is 0.103 e. The Hall–Kier alpha value is -0.520. The third-order valence-corrected chi connectivity index (χ3v) is 2.62. The standard InChI is InChI=1S/C14H25/c1-5-7-8-10-14(4)12-9-11-13(3)6-2/h5,10,13H,1-2,6-9,11-12H2,3-4H3. The van der Waals surface area contributed by atoms with Gasteiger partial charge in [-0.2, -0.15) is 0 Å². The number of hydrogen-bond donors (Lipinski definition) is 0. The first-order valence-corrected chi connectivity index (χ1v) is 5.76. The Kier molecular flexibility index (Phi) is 8.72. The van der Waals surface area contributed by atoms with Gasteiger partial charge in [-0.1, -0.05) is 44.4 Å². The number of hydrogen-bond acceptors (Lipinski definition) is 0. The highest BCUT2D eigenvalue weighted by Crippen LogP contribution is 2.14. The van der Waals surface area contributed by atoms with Crippen molar-refractivity contribution in [3.05, 3.63) is 31.2 Å². The van der Waals surface area contributed by atoms with Gasteiger partial charge < -0.3 is 0 Å². The topological polar surface area (TPSA) is 0 Å². The van der Waals surface area contributed by atoms with Crippen LogP contribution in [0.3, 0.4) is 0 Å². The van der Waals surface area contributed by atoms with Crippen molar-refractivity contribution in [3.8, 4) is 0 Å². The fraction of sp³-hybridized carbons (Fsp3) is 0.643. The molecule has 1 atom stereocenters. The third-order valence-electron chi connectivity index (χ3n) is 2.62. The van der Waals surface area contributed by atoms with Crippen LogP contribution in [0.1, 0.15) is 52.4 Å². The Balaban J connectivity index is 3.47. The van der Waals surface area contributed by atoms with Gasteiger partial charge in [-0.05, 0) is 38.5 Å². The first kappa shape index (κ1) is 13.5.